The zero-order valence-corrected chi connectivity index (χ0v) is 13.9. The molecule has 1 N–H and O–H groups in total. The van der Waals surface area contributed by atoms with E-state index in [0.29, 0.717) is 18.0 Å². The molecule has 0 saturated heterocycles. The van der Waals surface area contributed by atoms with Gasteiger partial charge in [-0.25, -0.2) is 13.1 Å². The molecule has 0 radical (unpaired) electrons. The van der Waals surface area contributed by atoms with E-state index >= 15 is 0 Å². The smallest absolute Gasteiger partial charge is 0.211 e. The Morgan fingerprint density at radius 3 is 2.35 bits per heavy atom. The van der Waals surface area contributed by atoms with Gasteiger partial charge >= 0.3 is 0 Å². The van der Waals surface area contributed by atoms with Crippen LogP contribution in [0.25, 0.3) is 10.8 Å². The van der Waals surface area contributed by atoms with E-state index in [2.05, 4.69) is 22.9 Å². The first-order chi connectivity index (χ1) is 11.1. The van der Waals surface area contributed by atoms with Crippen molar-refractivity contribution in [2.45, 2.75) is 11.3 Å². The largest absolute Gasteiger partial charge is 0.240 e. The van der Waals surface area contributed by atoms with Crippen molar-refractivity contribution in [3.63, 3.8) is 0 Å². The first-order valence-corrected chi connectivity index (χ1v) is 9.14. The Bertz CT molecular complexity index is 916. The molecule has 3 aromatic carbocycles. The average Bonchev–Trinajstić information content (AvgIpc) is 2.55. The van der Waals surface area contributed by atoms with Gasteiger partial charge in [0.05, 0.1) is 4.90 Å². The standard InChI is InChI=1S/C18H16ClNO2S/c19-16-8-10-17(11-9-16)23(21,22)20-13-12-15-6-3-5-14-4-1-2-7-18(14)15/h1-11,20H,12-13H2. The van der Waals surface area contributed by atoms with Crippen molar-refractivity contribution in [1.29, 1.82) is 0 Å². The van der Waals surface area contributed by atoms with E-state index in [0.717, 1.165) is 16.3 Å². The molecule has 0 aliphatic rings. The van der Waals surface area contributed by atoms with E-state index in [-0.39, 0.29) is 4.90 Å². The summed E-state index contributed by atoms with van der Waals surface area (Å²) in [4.78, 5) is 0.222. The molecule has 0 saturated carbocycles. The topological polar surface area (TPSA) is 46.2 Å². The van der Waals surface area contributed by atoms with E-state index in [4.69, 9.17) is 11.6 Å². The van der Waals surface area contributed by atoms with Crippen molar-refractivity contribution < 1.29 is 8.42 Å². The summed E-state index contributed by atoms with van der Waals surface area (Å²) < 4.78 is 27.1. The summed E-state index contributed by atoms with van der Waals surface area (Å²) >= 11 is 5.79. The van der Waals surface area contributed by atoms with Crippen molar-refractivity contribution in [2.75, 3.05) is 6.54 Å². The molecular formula is C18H16ClNO2S. The van der Waals surface area contributed by atoms with Crippen LogP contribution >= 0.6 is 11.6 Å². The van der Waals surface area contributed by atoms with Gasteiger partial charge in [0.1, 0.15) is 0 Å². The summed E-state index contributed by atoms with van der Waals surface area (Å²) in [6.07, 6.45) is 0.633. The van der Waals surface area contributed by atoms with Crippen LogP contribution in [0.2, 0.25) is 5.02 Å². The summed E-state index contributed by atoms with van der Waals surface area (Å²) in [6, 6.07) is 20.3. The van der Waals surface area contributed by atoms with Gasteiger partial charge in [-0.1, -0.05) is 54.1 Å². The lowest BCUT2D eigenvalue weighted by Crippen LogP contribution is -2.26. The van der Waals surface area contributed by atoms with Gasteiger partial charge < -0.3 is 0 Å². The number of hydrogen-bond acceptors (Lipinski definition) is 2. The molecule has 0 fully saturated rings. The van der Waals surface area contributed by atoms with Gasteiger partial charge in [-0.15, -0.1) is 0 Å². The average molecular weight is 346 g/mol. The van der Waals surface area contributed by atoms with Gasteiger partial charge in [0, 0.05) is 11.6 Å². The number of halogens is 1. The lowest BCUT2D eigenvalue weighted by Gasteiger charge is -2.09. The van der Waals surface area contributed by atoms with E-state index < -0.39 is 10.0 Å². The molecule has 0 aromatic heterocycles. The molecule has 0 atom stereocenters. The van der Waals surface area contributed by atoms with Gasteiger partial charge in [0.2, 0.25) is 10.0 Å². The van der Waals surface area contributed by atoms with Crippen LogP contribution < -0.4 is 4.72 Å². The Morgan fingerprint density at radius 2 is 1.57 bits per heavy atom. The summed E-state index contributed by atoms with van der Waals surface area (Å²) in [7, 11) is -3.51. The fourth-order valence-corrected chi connectivity index (χ4v) is 3.69. The highest BCUT2D eigenvalue weighted by atomic mass is 35.5. The van der Waals surface area contributed by atoms with Crippen LogP contribution in [0.15, 0.2) is 71.6 Å². The molecular weight excluding hydrogens is 330 g/mol. The molecule has 0 bridgehead atoms. The maximum Gasteiger partial charge on any atom is 0.240 e. The number of sulfonamides is 1. The minimum Gasteiger partial charge on any atom is -0.211 e. The molecule has 0 amide bonds. The highest BCUT2D eigenvalue weighted by Crippen LogP contribution is 2.19. The van der Waals surface area contributed by atoms with Gasteiger partial charge in [0.25, 0.3) is 0 Å². The Labute approximate surface area is 141 Å². The van der Waals surface area contributed by atoms with Crippen molar-refractivity contribution in [2.24, 2.45) is 0 Å². The second kappa shape index (κ2) is 6.71. The maximum absolute atomic E-state index is 12.2. The summed E-state index contributed by atoms with van der Waals surface area (Å²) in [5.74, 6) is 0. The van der Waals surface area contributed by atoms with E-state index in [1.54, 1.807) is 12.1 Å². The maximum atomic E-state index is 12.2. The summed E-state index contributed by atoms with van der Waals surface area (Å²) in [5, 5.41) is 2.82. The molecule has 0 aliphatic heterocycles. The predicted octanol–water partition coefficient (Wildman–Crippen LogP) is 4.01. The fourth-order valence-electron chi connectivity index (χ4n) is 2.53. The minimum absolute atomic E-state index is 0.222. The van der Waals surface area contributed by atoms with Crippen LogP contribution in [0.3, 0.4) is 0 Å². The predicted molar refractivity (Wildman–Crippen MR) is 94.3 cm³/mol. The van der Waals surface area contributed by atoms with Gasteiger partial charge in [-0.2, -0.15) is 0 Å². The quantitative estimate of drug-likeness (QED) is 0.759. The zero-order valence-electron chi connectivity index (χ0n) is 12.4. The highest BCUT2D eigenvalue weighted by Gasteiger charge is 2.13. The highest BCUT2D eigenvalue weighted by molar-refractivity contribution is 7.89. The molecule has 0 unspecified atom stereocenters. The molecule has 0 heterocycles. The Morgan fingerprint density at radius 1 is 0.870 bits per heavy atom. The van der Waals surface area contributed by atoms with Gasteiger partial charge in [-0.3, -0.25) is 0 Å². The van der Waals surface area contributed by atoms with Crippen molar-refractivity contribution in [3.8, 4) is 0 Å². The second-order valence-electron chi connectivity index (χ2n) is 5.24. The molecule has 118 valence electrons. The van der Waals surface area contributed by atoms with Gasteiger partial charge in [-0.05, 0) is 47.0 Å². The lowest BCUT2D eigenvalue weighted by atomic mass is 10.0. The van der Waals surface area contributed by atoms with Crippen LogP contribution in [0.5, 0.6) is 0 Å². The normalized spacial score (nSPS) is 11.7. The molecule has 0 spiro atoms. The number of nitrogens with one attached hydrogen (secondary N) is 1. The van der Waals surface area contributed by atoms with Crippen LogP contribution in [0.1, 0.15) is 5.56 Å². The fraction of sp³-hybridized carbons (Fsp3) is 0.111. The SMILES string of the molecule is O=S(=O)(NCCc1cccc2ccccc12)c1ccc(Cl)cc1. The third kappa shape index (κ3) is 3.72. The van der Waals surface area contributed by atoms with E-state index in [1.165, 1.54) is 12.1 Å². The molecule has 3 aromatic rings. The summed E-state index contributed by atoms with van der Waals surface area (Å²) in [6.45, 7) is 0.346. The monoisotopic (exact) mass is 345 g/mol. The number of hydrogen-bond donors (Lipinski definition) is 1. The molecule has 5 heteroatoms. The Hall–Kier alpha value is -1.88. The lowest BCUT2D eigenvalue weighted by molar-refractivity contribution is 0.582. The first kappa shape index (κ1) is 16.0. The van der Waals surface area contributed by atoms with Gasteiger partial charge in [0.15, 0.2) is 0 Å². The number of benzene rings is 3. The van der Waals surface area contributed by atoms with Crippen LogP contribution in [-0.2, 0) is 16.4 Å². The zero-order chi connectivity index (χ0) is 16.3. The third-order valence-corrected chi connectivity index (χ3v) is 5.42. The van der Waals surface area contributed by atoms with Crippen molar-refractivity contribution in [1.82, 2.24) is 4.72 Å². The number of rotatable bonds is 5. The Balaban J connectivity index is 1.72. The Kier molecular flexibility index (Phi) is 4.66. The molecule has 23 heavy (non-hydrogen) atoms. The van der Waals surface area contributed by atoms with Crippen molar-refractivity contribution in [3.05, 3.63) is 77.3 Å². The van der Waals surface area contributed by atoms with Crippen LogP contribution in [-0.4, -0.2) is 15.0 Å². The van der Waals surface area contributed by atoms with E-state index in [9.17, 15) is 8.42 Å². The third-order valence-electron chi connectivity index (χ3n) is 3.69. The number of fused-ring (bicyclic) bond motifs is 1. The second-order valence-corrected chi connectivity index (χ2v) is 7.44. The molecule has 0 aliphatic carbocycles. The van der Waals surface area contributed by atoms with Crippen LogP contribution in [0, 0.1) is 0 Å². The first-order valence-electron chi connectivity index (χ1n) is 7.28. The molecule has 3 rings (SSSR count). The minimum atomic E-state index is -3.51. The molecule has 3 nitrogen and oxygen atoms in total. The summed E-state index contributed by atoms with van der Waals surface area (Å²) in [5.41, 5.74) is 1.13. The van der Waals surface area contributed by atoms with Crippen LogP contribution in [0.4, 0.5) is 0 Å². The van der Waals surface area contributed by atoms with Crippen molar-refractivity contribution >= 4 is 32.4 Å². The van der Waals surface area contributed by atoms with E-state index in [1.807, 2.05) is 24.3 Å².